The first-order valence-corrected chi connectivity index (χ1v) is 12.6. The lowest BCUT2D eigenvalue weighted by molar-refractivity contribution is -0.156. The third-order valence-electron chi connectivity index (χ3n) is 6.97. The summed E-state index contributed by atoms with van der Waals surface area (Å²) < 4.78 is 13.2. The van der Waals surface area contributed by atoms with Crippen LogP contribution in [0.2, 0.25) is 0 Å². The number of fused-ring (bicyclic) bond motifs is 1. The number of nitrogens with zero attached hydrogens (tertiary/aromatic N) is 2. The molecule has 0 aliphatic carbocycles. The lowest BCUT2D eigenvalue weighted by atomic mass is 9.97. The molecular formula is C30H31FN4O3. The van der Waals surface area contributed by atoms with Crippen molar-refractivity contribution >= 4 is 28.5 Å². The molecule has 3 aromatic rings. The maximum Gasteiger partial charge on any atom is 0.247 e. The number of benzene rings is 3. The molecule has 0 aromatic heterocycles. The molecule has 1 fully saturated rings. The Bertz CT molecular complexity index is 1370. The van der Waals surface area contributed by atoms with E-state index in [9.17, 15) is 18.8 Å². The average molecular weight is 515 g/mol. The molecule has 7 nitrogen and oxygen atoms in total. The summed E-state index contributed by atoms with van der Waals surface area (Å²) in [4.78, 5) is 42.9. The lowest BCUT2D eigenvalue weighted by Gasteiger charge is -2.43. The molecule has 3 N–H and O–H groups in total. The van der Waals surface area contributed by atoms with Crippen LogP contribution in [0.15, 0.2) is 66.7 Å². The van der Waals surface area contributed by atoms with Crippen molar-refractivity contribution in [2.75, 3.05) is 20.1 Å². The van der Waals surface area contributed by atoms with E-state index in [0.717, 1.165) is 16.3 Å². The SMILES string of the molecule is C#CC[C@H]1C(=O)N(C(Cc2ccc3ccccc3c2)C(=O)NC)CCN1C(=O)C(N)Cc1ccc(F)cc1. The number of hydrogen-bond acceptors (Lipinski definition) is 4. The molecule has 1 aliphatic heterocycles. The first-order valence-electron chi connectivity index (χ1n) is 12.6. The third-order valence-corrected chi connectivity index (χ3v) is 6.97. The molecule has 0 spiro atoms. The summed E-state index contributed by atoms with van der Waals surface area (Å²) in [6.07, 6.45) is 6.09. The number of piperazine rings is 1. The Morgan fingerprint density at radius 1 is 1.05 bits per heavy atom. The van der Waals surface area contributed by atoms with E-state index in [1.807, 2.05) is 42.5 Å². The van der Waals surface area contributed by atoms with E-state index >= 15 is 0 Å². The number of likely N-dealkylation sites (N-methyl/N-ethyl adjacent to an activating group) is 1. The first-order chi connectivity index (χ1) is 18.3. The summed E-state index contributed by atoms with van der Waals surface area (Å²) in [5.41, 5.74) is 7.83. The van der Waals surface area contributed by atoms with Crippen LogP contribution in [0, 0.1) is 18.2 Å². The monoisotopic (exact) mass is 514 g/mol. The molecule has 3 aromatic carbocycles. The molecule has 3 amide bonds. The van der Waals surface area contributed by atoms with Gasteiger partial charge in [-0.15, -0.1) is 12.3 Å². The molecule has 38 heavy (non-hydrogen) atoms. The van der Waals surface area contributed by atoms with Crippen molar-refractivity contribution in [2.45, 2.75) is 37.4 Å². The van der Waals surface area contributed by atoms with Gasteiger partial charge in [0, 0.05) is 33.0 Å². The van der Waals surface area contributed by atoms with Gasteiger partial charge in [0.25, 0.3) is 0 Å². The van der Waals surface area contributed by atoms with Gasteiger partial charge >= 0.3 is 0 Å². The van der Waals surface area contributed by atoms with Crippen LogP contribution in [0.5, 0.6) is 0 Å². The molecule has 1 heterocycles. The minimum absolute atomic E-state index is 0.000774. The summed E-state index contributed by atoms with van der Waals surface area (Å²) in [6.45, 7) is 0.361. The number of hydrogen-bond donors (Lipinski definition) is 2. The molecule has 0 radical (unpaired) electrons. The van der Waals surface area contributed by atoms with Crippen molar-refractivity contribution in [3.63, 3.8) is 0 Å². The molecule has 8 heteroatoms. The fourth-order valence-corrected chi connectivity index (χ4v) is 4.96. The molecule has 1 saturated heterocycles. The minimum Gasteiger partial charge on any atom is -0.357 e. The van der Waals surface area contributed by atoms with E-state index in [1.54, 1.807) is 12.1 Å². The highest BCUT2D eigenvalue weighted by Gasteiger charge is 2.42. The maximum absolute atomic E-state index is 13.7. The predicted molar refractivity (Wildman–Crippen MR) is 144 cm³/mol. The van der Waals surface area contributed by atoms with Crippen molar-refractivity contribution in [3.05, 3.63) is 83.7 Å². The smallest absolute Gasteiger partial charge is 0.247 e. The summed E-state index contributed by atoms with van der Waals surface area (Å²) in [5, 5.41) is 4.80. The molecule has 3 atom stereocenters. The van der Waals surface area contributed by atoms with E-state index in [-0.39, 0.29) is 43.6 Å². The lowest BCUT2D eigenvalue weighted by Crippen LogP contribution is -2.65. The van der Waals surface area contributed by atoms with Crippen LogP contribution in [-0.2, 0) is 27.2 Å². The first kappa shape index (κ1) is 26.8. The van der Waals surface area contributed by atoms with Gasteiger partial charge in [-0.05, 0) is 40.5 Å². The van der Waals surface area contributed by atoms with Crippen LogP contribution in [-0.4, -0.2) is 65.8 Å². The molecule has 0 saturated carbocycles. The second kappa shape index (κ2) is 11.9. The van der Waals surface area contributed by atoms with Gasteiger partial charge in [0.05, 0.1) is 6.04 Å². The van der Waals surface area contributed by atoms with Gasteiger partial charge < -0.3 is 20.9 Å². The summed E-state index contributed by atoms with van der Waals surface area (Å²) >= 11 is 0. The molecular weight excluding hydrogens is 483 g/mol. The normalized spacial score (nSPS) is 17.1. The maximum atomic E-state index is 13.7. The van der Waals surface area contributed by atoms with Gasteiger partial charge in [0.2, 0.25) is 17.7 Å². The van der Waals surface area contributed by atoms with Crippen LogP contribution in [0.3, 0.4) is 0 Å². The van der Waals surface area contributed by atoms with E-state index in [0.29, 0.717) is 12.0 Å². The number of nitrogens with two attached hydrogens (primary N) is 1. The topological polar surface area (TPSA) is 95.7 Å². The second-order valence-electron chi connectivity index (χ2n) is 9.44. The van der Waals surface area contributed by atoms with Crippen molar-refractivity contribution in [2.24, 2.45) is 5.73 Å². The Morgan fingerprint density at radius 3 is 2.42 bits per heavy atom. The Balaban J connectivity index is 1.53. The number of carbonyl (C=O) groups is 3. The Labute approximate surface area is 221 Å². The Kier molecular flexibility index (Phi) is 8.39. The number of halogens is 1. The number of carbonyl (C=O) groups excluding carboxylic acids is 3. The Hall–Kier alpha value is -4.22. The van der Waals surface area contributed by atoms with Crippen LogP contribution in [0.1, 0.15) is 17.5 Å². The zero-order chi connectivity index (χ0) is 27.2. The van der Waals surface area contributed by atoms with Crippen molar-refractivity contribution < 1.29 is 18.8 Å². The van der Waals surface area contributed by atoms with Gasteiger partial charge in [0.15, 0.2) is 0 Å². The van der Waals surface area contributed by atoms with Crippen molar-refractivity contribution in [3.8, 4) is 12.3 Å². The van der Waals surface area contributed by atoms with Crippen molar-refractivity contribution in [1.82, 2.24) is 15.1 Å². The van der Waals surface area contributed by atoms with E-state index in [1.165, 1.54) is 29.0 Å². The largest absolute Gasteiger partial charge is 0.357 e. The zero-order valence-corrected chi connectivity index (χ0v) is 21.3. The summed E-state index contributed by atoms with van der Waals surface area (Å²) in [5.74, 6) is 1.03. The number of nitrogens with one attached hydrogen (secondary N) is 1. The fourth-order valence-electron chi connectivity index (χ4n) is 4.96. The number of amides is 3. The highest BCUT2D eigenvalue weighted by molar-refractivity contribution is 5.94. The molecule has 196 valence electrons. The predicted octanol–water partition coefficient (Wildman–Crippen LogP) is 2.27. The quantitative estimate of drug-likeness (QED) is 0.451. The second-order valence-corrected chi connectivity index (χ2v) is 9.44. The van der Waals surface area contributed by atoms with Crippen LogP contribution in [0.25, 0.3) is 10.8 Å². The molecule has 4 rings (SSSR count). The van der Waals surface area contributed by atoms with Gasteiger partial charge in [0.1, 0.15) is 17.9 Å². The summed E-state index contributed by atoms with van der Waals surface area (Å²) in [6, 6.07) is 17.1. The highest BCUT2D eigenvalue weighted by Crippen LogP contribution is 2.23. The molecule has 2 unspecified atom stereocenters. The number of rotatable bonds is 8. The molecule has 1 aliphatic rings. The standard InChI is InChI=1S/C30H31FN4O3/c1-3-6-26-30(38)35(16-15-34(26)29(37)25(32)18-20-10-13-24(31)14-11-20)27(28(36)33-2)19-21-9-12-22-7-4-5-8-23(22)17-21/h1,4-5,7-14,17,25-27H,6,15-16,18-19,32H2,2H3,(H,33,36)/t25?,26-,27?/m0/s1. The van der Waals surface area contributed by atoms with Gasteiger partial charge in [-0.1, -0.05) is 54.6 Å². The van der Waals surface area contributed by atoms with Crippen LogP contribution < -0.4 is 11.1 Å². The van der Waals surface area contributed by atoms with Gasteiger partial charge in [-0.25, -0.2) is 4.39 Å². The van der Waals surface area contributed by atoms with Crippen molar-refractivity contribution in [1.29, 1.82) is 0 Å². The third kappa shape index (κ3) is 5.84. The van der Waals surface area contributed by atoms with Crippen LogP contribution >= 0.6 is 0 Å². The minimum atomic E-state index is -0.927. The zero-order valence-electron chi connectivity index (χ0n) is 21.3. The van der Waals surface area contributed by atoms with Gasteiger partial charge in [-0.3, -0.25) is 14.4 Å². The van der Waals surface area contributed by atoms with E-state index in [4.69, 9.17) is 12.2 Å². The van der Waals surface area contributed by atoms with E-state index in [2.05, 4.69) is 11.2 Å². The van der Waals surface area contributed by atoms with Gasteiger partial charge in [-0.2, -0.15) is 0 Å². The summed E-state index contributed by atoms with van der Waals surface area (Å²) in [7, 11) is 1.54. The van der Waals surface area contributed by atoms with Crippen LogP contribution in [0.4, 0.5) is 4.39 Å². The highest BCUT2D eigenvalue weighted by atomic mass is 19.1. The van der Waals surface area contributed by atoms with E-state index < -0.39 is 24.0 Å². The molecule has 0 bridgehead atoms. The fraction of sp³-hybridized carbons (Fsp3) is 0.300. The number of terminal acetylenes is 1. The Morgan fingerprint density at radius 2 is 1.74 bits per heavy atom. The average Bonchev–Trinajstić information content (AvgIpc) is 2.93.